The molecule has 1 aromatic carbocycles. The van der Waals surface area contributed by atoms with Crippen molar-refractivity contribution in [3.05, 3.63) is 35.6 Å². The van der Waals surface area contributed by atoms with Crippen molar-refractivity contribution in [1.29, 1.82) is 0 Å². The minimum atomic E-state index is -0.256. The van der Waals surface area contributed by atoms with Gasteiger partial charge in [-0.25, -0.2) is 4.39 Å². The van der Waals surface area contributed by atoms with Gasteiger partial charge in [0.25, 0.3) is 0 Å². The molecule has 0 radical (unpaired) electrons. The molecule has 3 rings (SSSR count). The summed E-state index contributed by atoms with van der Waals surface area (Å²) in [6.07, 6.45) is 2.52. The van der Waals surface area contributed by atoms with Crippen molar-refractivity contribution in [3.8, 4) is 0 Å². The number of fused-ring (bicyclic) bond motifs is 1. The highest BCUT2D eigenvalue weighted by Gasteiger charge is 2.34. The van der Waals surface area contributed by atoms with Crippen LogP contribution in [0.1, 0.15) is 25.3 Å². The molecule has 2 heterocycles. The van der Waals surface area contributed by atoms with Crippen LogP contribution in [0.4, 0.5) is 4.39 Å². The van der Waals surface area contributed by atoms with Crippen molar-refractivity contribution in [2.45, 2.75) is 38.4 Å². The van der Waals surface area contributed by atoms with Crippen LogP contribution in [0, 0.1) is 5.82 Å². The van der Waals surface area contributed by atoms with Gasteiger partial charge < -0.3 is 4.90 Å². The second-order valence-corrected chi connectivity index (χ2v) is 6.83. The molecular formula is C18H26FN3O. The SMILES string of the molecule is CC(C(=O)N(C)Cc1cccc(F)c1)N1CCN2CCCC2C1. The quantitative estimate of drug-likeness (QED) is 0.849. The maximum atomic E-state index is 13.3. The standard InChI is InChI=1S/C18H26FN3O/c1-14(22-10-9-21-8-4-7-17(21)13-22)18(23)20(2)12-15-5-3-6-16(19)11-15/h3,5-6,11,14,17H,4,7-10,12-13H2,1-2H3. The summed E-state index contributed by atoms with van der Waals surface area (Å²) < 4.78 is 13.3. The maximum absolute atomic E-state index is 13.3. The Bertz CT molecular complexity index is 565. The van der Waals surface area contributed by atoms with Crippen LogP contribution in [0.2, 0.25) is 0 Å². The van der Waals surface area contributed by atoms with Gasteiger partial charge in [0.1, 0.15) is 5.82 Å². The van der Waals surface area contributed by atoms with Gasteiger partial charge in [0.15, 0.2) is 0 Å². The summed E-state index contributed by atoms with van der Waals surface area (Å²) in [5.41, 5.74) is 0.827. The average Bonchev–Trinajstić information content (AvgIpc) is 3.01. The number of rotatable bonds is 4. The van der Waals surface area contributed by atoms with Crippen LogP contribution in [0.25, 0.3) is 0 Å². The van der Waals surface area contributed by atoms with E-state index in [1.807, 2.05) is 13.0 Å². The molecule has 4 nitrogen and oxygen atoms in total. The summed E-state index contributed by atoms with van der Waals surface area (Å²) in [6, 6.07) is 6.96. The maximum Gasteiger partial charge on any atom is 0.239 e. The first kappa shape index (κ1) is 16.4. The number of piperazine rings is 1. The van der Waals surface area contributed by atoms with Gasteiger partial charge in [0.2, 0.25) is 5.91 Å². The lowest BCUT2D eigenvalue weighted by molar-refractivity contribution is -0.136. The van der Waals surface area contributed by atoms with E-state index in [1.54, 1.807) is 18.0 Å². The Morgan fingerprint density at radius 3 is 3.00 bits per heavy atom. The van der Waals surface area contributed by atoms with Crippen molar-refractivity contribution in [1.82, 2.24) is 14.7 Å². The number of carbonyl (C=O) groups is 1. The summed E-state index contributed by atoms with van der Waals surface area (Å²) in [5, 5.41) is 0. The molecule has 0 bridgehead atoms. The minimum Gasteiger partial charge on any atom is -0.340 e. The predicted molar refractivity (Wildman–Crippen MR) is 88.5 cm³/mol. The fourth-order valence-electron chi connectivity index (χ4n) is 3.83. The highest BCUT2D eigenvalue weighted by Crippen LogP contribution is 2.23. The lowest BCUT2D eigenvalue weighted by Crippen LogP contribution is -2.56. The fourth-order valence-corrected chi connectivity index (χ4v) is 3.83. The molecule has 0 N–H and O–H groups in total. The smallest absolute Gasteiger partial charge is 0.239 e. The topological polar surface area (TPSA) is 26.8 Å². The van der Waals surface area contributed by atoms with Crippen LogP contribution in [0.5, 0.6) is 0 Å². The first-order chi connectivity index (χ1) is 11.0. The Balaban J connectivity index is 1.58. The number of halogens is 1. The summed E-state index contributed by atoms with van der Waals surface area (Å²) in [5.74, 6) is -0.144. The molecule has 2 fully saturated rings. The molecule has 0 spiro atoms. The van der Waals surface area contributed by atoms with Crippen molar-refractivity contribution >= 4 is 5.91 Å². The zero-order valence-corrected chi connectivity index (χ0v) is 14.0. The van der Waals surface area contributed by atoms with Crippen molar-refractivity contribution < 1.29 is 9.18 Å². The lowest BCUT2D eigenvalue weighted by Gasteiger charge is -2.40. The first-order valence-corrected chi connectivity index (χ1v) is 8.52. The van der Waals surface area contributed by atoms with Crippen LogP contribution in [0.3, 0.4) is 0 Å². The molecule has 126 valence electrons. The van der Waals surface area contributed by atoms with E-state index in [0.717, 1.165) is 25.2 Å². The minimum absolute atomic E-state index is 0.112. The molecule has 0 saturated carbocycles. The van der Waals surface area contributed by atoms with Gasteiger partial charge in [-0.1, -0.05) is 12.1 Å². The molecule has 5 heteroatoms. The summed E-state index contributed by atoms with van der Waals surface area (Å²) in [7, 11) is 1.80. The van der Waals surface area contributed by atoms with E-state index in [2.05, 4.69) is 9.80 Å². The second-order valence-electron chi connectivity index (χ2n) is 6.83. The van der Waals surface area contributed by atoms with Gasteiger partial charge in [-0.15, -0.1) is 0 Å². The Labute approximate surface area is 137 Å². The van der Waals surface area contributed by atoms with Crippen LogP contribution in [-0.2, 0) is 11.3 Å². The van der Waals surface area contributed by atoms with Crippen molar-refractivity contribution in [2.24, 2.45) is 0 Å². The summed E-state index contributed by atoms with van der Waals surface area (Å²) >= 11 is 0. The van der Waals surface area contributed by atoms with Gasteiger partial charge >= 0.3 is 0 Å². The van der Waals surface area contributed by atoms with E-state index in [4.69, 9.17) is 0 Å². The number of hydrogen-bond acceptors (Lipinski definition) is 3. The van der Waals surface area contributed by atoms with Gasteiger partial charge in [-0.05, 0) is 44.0 Å². The third-order valence-electron chi connectivity index (χ3n) is 5.21. The van der Waals surface area contributed by atoms with Gasteiger partial charge in [-0.3, -0.25) is 14.6 Å². The summed E-state index contributed by atoms with van der Waals surface area (Å²) in [6.45, 7) is 6.66. The van der Waals surface area contributed by atoms with Crippen molar-refractivity contribution in [3.63, 3.8) is 0 Å². The van der Waals surface area contributed by atoms with E-state index >= 15 is 0 Å². The molecule has 0 aliphatic carbocycles. The normalized spacial score (nSPS) is 23.5. The van der Waals surface area contributed by atoms with E-state index in [9.17, 15) is 9.18 Å². The lowest BCUT2D eigenvalue weighted by atomic mass is 10.1. The molecule has 1 aromatic rings. The Hall–Kier alpha value is -1.46. The highest BCUT2D eigenvalue weighted by atomic mass is 19.1. The molecule has 2 aliphatic rings. The average molecular weight is 319 g/mol. The second kappa shape index (κ2) is 6.97. The first-order valence-electron chi connectivity index (χ1n) is 8.52. The molecule has 2 aliphatic heterocycles. The van der Waals surface area contributed by atoms with E-state index in [0.29, 0.717) is 12.6 Å². The van der Waals surface area contributed by atoms with Crippen molar-refractivity contribution in [2.75, 3.05) is 33.2 Å². The molecule has 2 saturated heterocycles. The van der Waals surface area contributed by atoms with Crippen LogP contribution in [-0.4, -0.2) is 65.9 Å². The predicted octanol–water partition coefficient (Wildman–Crippen LogP) is 1.95. The largest absolute Gasteiger partial charge is 0.340 e. The Morgan fingerprint density at radius 2 is 2.22 bits per heavy atom. The number of amides is 1. The number of carbonyl (C=O) groups excluding carboxylic acids is 1. The molecule has 2 unspecified atom stereocenters. The molecule has 1 amide bonds. The van der Waals surface area contributed by atoms with Crippen LogP contribution >= 0.6 is 0 Å². The number of benzene rings is 1. The Kier molecular flexibility index (Phi) is 4.97. The van der Waals surface area contributed by atoms with E-state index in [-0.39, 0.29) is 17.8 Å². The molecule has 2 atom stereocenters. The Morgan fingerprint density at radius 1 is 1.39 bits per heavy atom. The third kappa shape index (κ3) is 3.72. The van der Waals surface area contributed by atoms with E-state index < -0.39 is 0 Å². The molecule has 23 heavy (non-hydrogen) atoms. The highest BCUT2D eigenvalue weighted by molar-refractivity contribution is 5.81. The van der Waals surface area contributed by atoms with Crippen LogP contribution < -0.4 is 0 Å². The van der Waals surface area contributed by atoms with Gasteiger partial charge in [0, 0.05) is 39.3 Å². The van der Waals surface area contributed by atoms with E-state index in [1.165, 1.54) is 31.5 Å². The van der Waals surface area contributed by atoms with Gasteiger partial charge in [-0.2, -0.15) is 0 Å². The third-order valence-corrected chi connectivity index (χ3v) is 5.21. The number of nitrogens with zero attached hydrogens (tertiary/aromatic N) is 3. The molecular weight excluding hydrogens is 293 g/mol. The van der Waals surface area contributed by atoms with Gasteiger partial charge in [0.05, 0.1) is 6.04 Å². The summed E-state index contributed by atoms with van der Waals surface area (Å²) in [4.78, 5) is 19.3. The molecule has 0 aromatic heterocycles. The zero-order chi connectivity index (χ0) is 16.4. The zero-order valence-electron chi connectivity index (χ0n) is 14.0. The number of likely N-dealkylation sites (N-methyl/N-ethyl adjacent to an activating group) is 1. The fraction of sp³-hybridized carbons (Fsp3) is 0.611. The monoisotopic (exact) mass is 319 g/mol. The number of hydrogen-bond donors (Lipinski definition) is 0. The van der Waals surface area contributed by atoms with Crippen LogP contribution in [0.15, 0.2) is 24.3 Å².